The van der Waals surface area contributed by atoms with Gasteiger partial charge in [0.2, 0.25) is 5.91 Å². The van der Waals surface area contributed by atoms with Crippen LogP contribution in [0.3, 0.4) is 0 Å². The van der Waals surface area contributed by atoms with Crippen LogP contribution in [0.25, 0.3) is 0 Å². The molecule has 12 heteroatoms. The summed E-state index contributed by atoms with van der Waals surface area (Å²) in [6.45, 7) is 3.23. The fourth-order valence-electron chi connectivity index (χ4n) is 5.11. The molecule has 2 heterocycles. The minimum atomic E-state index is -1.10. The molecule has 1 aliphatic carbocycles. The van der Waals surface area contributed by atoms with Gasteiger partial charge >= 0.3 is 0 Å². The lowest BCUT2D eigenvalue weighted by molar-refractivity contribution is -0.121. The summed E-state index contributed by atoms with van der Waals surface area (Å²) in [5.41, 5.74) is 5.69. The van der Waals surface area contributed by atoms with Gasteiger partial charge in [0.25, 0.3) is 11.8 Å². The van der Waals surface area contributed by atoms with E-state index in [0.717, 1.165) is 44.6 Å². The van der Waals surface area contributed by atoms with Gasteiger partial charge in [-0.15, -0.1) is 0 Å². The molecule has 4 rings (SSSR count). The van der Waals surface area contributed by atoms with E-state index in [1.54, 1.807) is 4.57 Å². The van der Waals surface area contributed by atoms with Crippen molar-refractivity contribution in [1.29, 1.82) is 0 Å². The van der Waals surface area contributed by atoms with Crippen LogP contribution in [0.1, 0.15) is 72.0 Å². The highest BCUT2D eigenvalue weighted by atomic mass is 35.5. The number of aromatic nitrogens is 2. The van der Waals surface area contributed by atoms with Crippen LogP contribution < -0.4 is 16.4 Å². The zero-order valence-electron chi connectivity index (χ0n) is 20.4. The molecule has 2 aromatic rings. The number of rotatable bonds is 8. The Hall–Kier alpha value is -3.05. The van der Waals surface area contributed by atoms with Gasteiger partial charge in [-0.2, -0.15) is 0 Å². The fourth-order valence-corrected chi connectivity index (χ4v) is 5.31. The molecule has 1 aliphatic heterocycles. The zero-order valence-corrected chi connectivity index (χ0v) is 21.2. The Morgan fingerprint density at radius 2 is 1.73 bits per heavy atom. The zero-order chi connectivity index (χ0) is 26.5. The summed E-state index contributed by atoms with van der Waals surface area (Å²) in [6, 6.07) is 1.50. The third-order valence-corrected chi connectivity index (χ3v) is 7.45. The summed E-state index contributed by atoms with van der Waals surface area (Å²) in [5.74, 6) is -4.11. The Morgan fingerprint density at radius 3 is 2.41 bits per heavy atom. The lowest BCUT2D eigenvalue weighted by atomic mass is 9.85. The molecule has 0 bridgehead atoms. The van der Waals surface area contributed by atoms with Crippen LogP contribution >= 0.6 is 11.6 Å². The Bertz CT molecular complexity index is 1160. The summed E-state index contributed by atoms with van der Waals surface area (Å²) in [6.07, 6.45) is 7.03. The lowest BCUT2D eigenvalue weighted by Crippen LogP contribution is -2.38. The molecule has 37 heavy (non-hydrogen) atoms. The largest absolute Gasteiger partial charge is 0.364 e. The Balaban J connectivity index is 1.35. The first kappa shape index (κ1) is 27.0. The third-order valence-electron chi connectivity index (χ3n) is 7.13. The van der Waals surface area contributed by atoms with Crippen LogP contribution in [0.4, 0.5) is 14.5 Å². The fraction of sp³-hybridized carbons (Fsp3) is 0.520. The molecule has 3 amide bonds. The highest BCUT2D eigenvalue weighted by molar-refractivity contribution is 6.33. The van der Waals surface area contributed by atoms with E-state index in [1.807, 2.05) is 0 Å². The summed E-state index contributed by atoms with van der Waals surface area (Å²) < 4.78 is 28.5. The number of piperidine rings is 1. The number of imidazole rings is 1. The minimum absolute atomic E-state index is 0.000936. The number of hydrogen-bond acceptors (Lipinski definition) is 5. The number of anilines is 1. The predicted molar refractivity (Wildman–Crippen MR) is 134 cm³/mol. The number of nitrogens with one attached hydrogen (secondary N) is 2. The molecular weight excluding hydrogens is 506 g/mol. The van der Waals surface area contributed by atoms with Crippen molar-refractivity contribution >= 4 is 35.0 Å². The average Bonchev–Trinajstić information content (AvgIpc) is 3.34. The number of nitrogens with zero attached hydrogens (tertiary/aromatic N) is 3. The van der Waals surface area contributed by atoms with Crippen LogP contribution in [-0.4, -0.2) is 58.4 Å². The highest BCUT2D eigenvalue weighted by Gasteiger charge is 2.31. The number of carbonyl (C=O) groups excluding carboxylic acids is 3. The van der Waals surface area contributed by atoms with Crippen molar-refractivity contribution < 1.29 is 23.2 Å². The topological polar surface area (TPSA) is 122 Å². The smallest absolute Gasteiger partial charge is 0.272 e. The maximum atomic E-state index is 13.5. The molecule has 2 aliphatic rings. The van der Waals surface area contributed by atoms with Crippen molar-refractivity contribution in [2.45, 2.75) is 51.0 Å². The first-order valence-electron chi connectivity index (χ1n) is 12.6. The van der Waals surface area contributed by atoms with Crippen LogP contribution in [-0.2, 0) is 4.79 Å². The van der Waals surface area contributed by atoms with Crippen molar-refractivity contribution in [3.63, 3.8) is 0 Å². The second kappa shape index (κ2) is 12.0. The van der Waals surface area contributed by atoms with Crippen LogP contribution in [0, 0.1) is 17.6 Å². The predicted octanol–water partition coefficient (Wildman–Crippen LogP) is 3.50. The number of halogens is 3. The monoisotopic (exact) mass is 536 g/mol. The molecule has 1 aromatic carbocycles. The molecule has 2 fully saturated rings. The van der Waals surface area contributed by atoms with E-state index in [2.05, 4.69) is 20.5 Å². The molecule has 4 N–H and O–H groups in total. The molecule has 0 spiro atoms. The number of likely N-dealkylation sites (tertiary alicyclic amines) is 1. The molecular formula is C25H31ClF2N6O3. The first-order valence-corrected chi connectivity index (χ1v) is 12.9. The van der Waals surface area contributed by atoms with E-state index in [9.17, 15) is 23.2 Å². The average molecular weight is 537 g/mol. The summed E-state index contributed by atoms with van der Waals surface area (Å²) >= 11 is 5.92. The second-order valence-electron chi connectivity index (χ2n) is 9.61. The Labute approximate surface area is 218 Å². The van der Waals surface area contributed by atoms with Gasteiger partial charge in [0.05, 0.1) is 17.0 Å². The Morgan fingerprint density at radius 1 is 1.05 bits per heavy atom. The van der Waals surface area contributed by atoms with Crippen molar-refractivity contribution in [2.24, 2.45) is 11.7 Å². The van der Waals surface area contributed by atoms with E-state index in [4.69, 9.17) is 17.3 Å². The number of hydrogen-bond donors (Lipinski definition) is 3. The molecule has 0 unspecified atom stereocenters. The standard InChI is InChI=1S/C25H31ClF2N6O3/c26-17-12-18(27)19(28)13-20(17)32-24(36)15-4-6-16(7-5-15)34-14-31-21(22(34)23(29)35)25(37)30-8-11-33-9-2-1-3-10-33/h12-16H,1-11H2,(H2,29,35)(H,30,37)(H,32,36)/t15-,16-. The molecule has 1 saturated heterocycles. The van der Waals surface area contributed by atoms with E-state index in [-0.39, 0.29) is 40.0 Å². The van der Waals surface area contributed by atoms with Crippen LogP contribution in [0.2, 0.25) is 5.02 Å². The maximum Gasteiger partial charge on any atom is 0.272 e. The molecule has 1 saturated carbocycles. The summed E-state index contributed by atoms with van der Waals surface area (Å²) in [7, 11) is 0. The number of benzene rings is 1. The molecule has 0 radical (unpaired) electrons. The number of carbonyl (C=O) groups is 3. The molecule has 200 valence electrons. The van der Waals surface area contributed by atoms with E-state index >= 15 is 0 Å². The van der Waals surface area contributed by atoms with Gasteiger partial charge in [-0.05, 0) is 57.7 Å². The summed E-state index contributed by atoms with van der Waals surface area (Å²) in [4.78, 5) is 44.2. The van der Waals surface area contributed by atoms with Gasteiger partial charge in [-0.3, -0.25) is 14.4 Å². The normalized spacial score (nSPS) is 20.4. The van der Waals surface area contributed by atoms with E-state index in [0.29, 0.717) is 32.2 Å². The van der Waals surface area contributed by atoms with Crippen molar-refractivity contribution in [2.75, 3.05) is 31.5 Å². The second-order valence-corrected chi connectivity index (χ2v) is 10.0. The quantitative estimate of drug-likeness (QED) is 0.446. The third kappa shape index (κ3) is 6.45. The first-order chi connectivity index (χ1) is 17.7. The van der Waals surface area contributed by atoms with Crippen molar-refractivity contribution in [3.8, 4) is 0 Å². The van der Waals surface area contributed by atoms with Crippen molar-refractivity contribution in [3.05, 3.63) is 46.5 Å². The maximum absolute atomic E-state index is 13.5. The lowest BCUT2D eigenvalue weighted by Gasteiger charge is -2.29. The number of nitrogens with two attached hydrogens (primary N) is 1. The van der Waals surface area contributed by atoms with Crippen molar-refractivity contribution in [1.82, 2.24) is 19.8 Å². The van der Waals surface area contributed by atoms with E-state index in [1.165, 1.54) is 12.7 Å². The van der Waals surface area contributed by atoms with Gasteiger partial charge in [-0.25, -0.2) is 13.8 Å². The summed E-state index contributed by atoms with van der Waals surface area (Å²) in [5, 5.41) is 5.31. The van der Waals surface area contributed by atoms with Gasteiger partial charge in [0, 0.05) is 31.1 Å². The molecule has 1 aromatic heterocycles. The SMILES string of the molecule is NC(=O)c1c(C(=O)NCCN2CCCCC2)ncn1[C@H]1CC[C@H](C(=O)Nc2cc(F)c(F)cc2Cl)CC1. The Kier molecular flexibility index (Phi) is 8.75. The minimum Gasteiger partial charge on any atom is -0.364 e. The number of amides is 3. The van der Waals surface area contributed by atoms with Crippen LogP contribution in [0.15, 0.2) is 18.5 Å². The van der Waals surface area contributed by atoms with Crippen LogP contribution in [0.5, 0.6) is 0 Å². The van der Waals surface area contributed by atoms with Gasteiger partial charge in [-0.1, -0.05) is 18.0 Å². The highest BCUT2D eigenvalue weighted by Crippen LogP contribution is 2.35. The van der Waals surface area contributed by atoms with Gasteiger partial charge < -0.3 is 25.8 Å². The van der Waals surface area contributed by atoms with Gasteiger partial charge in [0.1, 0.15) is 5.69 Å². The number of primary amides is 1. The molecule has 9 nitrogen and oxygen atoms in total. The van der Waals surface area contributed by atoms with Gasteiger partial charge in [0.15, 0.2) is 17.3 Å². The molecule has 0 atom stereocenters. The van der Waals surface area contributed by atoms with E-state index < -0.39 is 23.4 Å².